The molecule has 10 heteroatoms. The number of rotatable bonds is 9. The van der Waals surface area contributed by atoms with Gasteiger partial charge in [0.2, 0.25) is 0 Å². The van der Waals surface area contributed by atoms with E-state index in [2.05, 4.69) is 16.8 Å². The number of carbonyl (C=O) groups is 2. The third kappa shape index (κ3) is 6.43. The van der Waals surface area contributed by atoms with Gasteiger partial charge in [0.05, 0.1) is 32.4 Å². The molecule has 2 heterocycles. The van der Waals surface area contributed by atoms with Crippen LogP contribution in [0.25, 0.3) is 5.57 Å². The average Bonchev–Trinajstić information content (AvgIpc) is 3.32. The largest absolute Gasteiger partial charge is 0.489 e. The molecule has 0 saturated carbocycles. The van der Waals surface area contributed by atoms with Crippen molar-refractivity contribution in [3.05, 3.63) is 89.3 Å². The fourth-order valence-electron chi connectivity index (χ4n) is 4.43. The number of nitrogens with zero attached hydrogens (tertiary/aromatic N) is 2. The normalized spacial score (nSPS) is 15.1. The zero-order valence-corrected chi connectivity index (χ0v) is 21.7. The Kier molecular flexibility index (Phi) is 8.94. The lowest BCUT2D eigenvalue weighted by atomic mass is 10.0. The third-order valence-corrected chi connectivity index (χ3v) is 6.44. The standard InChI is InChI=1S/C29H30N4O6/c1-3-14-39-29(36)31-27(30)22-8-10-23(11-9-22)33-18-25(32-12-15-38-16-13-32)26(28(33)35)21-6-4-20(5-7-21)17-24(19-34)37-2/h3-11H,1,12-18H2,2H3,(H2,30,31,36). The number of alkyl carbamates (subject to hydrolysis) is 1. The van der Waals surface area contributed by atoms with Gasteiger partial charge in [-0.2, -0.15) is 0 Å². The van der Waals surface area contributed by atoms with Crippen molar-refractivity contribution in [2.24, 2.45) is 0 Å². The maximum atomic E-state index is 13.8. The highest BCUT2D eigenvalue weighted by Gasteiger charge is 2.35. The van der Waals surface area contributed by atoms with Gasteiger partial charge in [0.25, 0.3) is 5.91 Å². The molecule has 1 fully saturated rings. The highest BCUT2D eigenvalue weighted by Crippen LogP contribution is 2.34. The molecule has 2 amide bonds. The van der Waals surface area contributed by atoms with Crippen molar-refractivity contribution in [1.29, 1.82) is 5.41 Å². The van der Waals surface area contributed by atoms with Crippen molar-refractivity contribution in [1.82, 2.24) is 10.2 Å². The van der Waals surface area contributed by atoms with E-state index in [1.54, 1.807) is 35.1 Å². The second kappa shape index (κ2) is 12.7. The van der Waals surface area contributed by atoms with E-state index in [1.807, 2.05) is 24.3 Å². The Balaban J connectivity index is 1.56. The molecular weight excluding hydrogens is 500 g/mol. The van der Waals surface area contributed by atoms with E-state index in [4.69, 9.17) is 19.6 Å². The summed E-state index contributed by atoms with van der Waals surface area (Å²) in [5.41, 5.74) is 4.33. The number of anilines is 1. The van der Waals surface area contributed by atoms with E-state index in [0.717, 1.165) is 16.8 Å². The topological polar surface area (TPSA) is 121 Å². The molecule has 2 aromatic carbocycles. The molecule has 0 aliphatic carbocycles. The maximum absolute atomic E-state index is 13.8. The Morgan fingerprint density at radius 2 is 1.85 bits per heavy atom. The maximum Gasteiger partial charge on any atom is 0.413 e. The van der Waals surface area contributed by atoms with Crippen molar-refractivity contribution < 1.29 is 28.6 Å². The van der Waals surface area contributed by atoms with Crippen molar-refractivity contribution in [3.63, 3.8) is 0 Å². The first kappa shape index (κ1) is 27.4. The molecule has 0 spiro atoms. The summed E-state index contributed by atoms with van der Waals surface area (Å²) in [6, 6.07) is 14.4. The van der Waals surface area contributed by atoms with E-state index in [1.165, 1.54) is 13.2 Å². The molecule has 1 saturated heterocycles. The highest BCUT2D eigenvalue weighted by molar-refractivity contribution is 6.29. The van der Waals surface area contributed by atoms with Gasteiger partial charge < -0.3 is 24.0 Å². The number of hydrogen-bond donors (Lipinski definition) is 2. The minimum atomic E-state index is -0.741. The lowest BCUT2D eigenvalue weighted by molar-refractivity contribution is -0.112. The first-order valence-electron chi connectivity index (χ1n) is 12.4. The second-order valence-corrected chi connectivity index (χ2v) is 8.85. The van der Waals surface area contributed by atoms with Crippen LogP contribution in [0.15, 0.2) is 72.6 Å². The van der Waals surface area contributed by atoms with Crippen LogP contribution < -0.4 is 10.2 Å². The quantitative estimate of drug-likeness (QED) is 0.168. The van der Waals surface area contributed by atoms with Crippen LogP contribution in [0.4, 0.5) is 10.5 Å². The summed E-state index contributed by atoms with van der Waals surface area (Å²) in [5.74, 6) is 1.75. The number of amidine groups is 1. The SMILES string of the molecule is C=CCOC(=O)NC(=N)c1ccc(N2CC(N3CCOCC3)=C(c3ccc(CC(=C=O)OC)cc3)C2=O)cc1. The number of nitrogens with one attached hydrogen (secondary N) is 2. The summed E-state index contributed by atoms with van der Waals surface area (Å²) >= 11 is 0. The summed E-state index contributed by atoms with van der Waals surface area (Å²) in [6.45, 7) is 6.45. The molecule has 2 aromatic rings. The molecule has 0 radical (unpaired) electrons. The Labute approximate surface area is 226 Å². The predicted molar refractivity (Wildman–Crippen MR) is 146 cm³/mol. The zero-order chi connectivity index (χ0) is 27.8. The molecule has 0 atom stereocenters. The second-order valence-electron chi connectivity index (χ2n) is 8.85. The van der Waals surface area contributed by atoms with Crippen LogP contribution in [-0.4, -0.2) is 75.2 Å². The number of hydrogen-bond acceptors (Lipinski definition) is 8. The zero-order valence-electron chi connectivity index (χ0n) is 21.7. The van der Waals surface area contributed by atoms with Crippen molar-refractivity contribution in [2.75, 3.05) is 51.5 Å². The van der Waals surface area contributed by atoms with Crippen LogP contribution in [0, 0.1) is 5.41 Å². The summed E-state index contributed by atoms with van der Waals surface area (Å²) in [7, 11) is 1.43. The van der Waals surface area contributed by atoms with Gasteiger partial charge >= 0.3 is 6.09 Å². The van der Waals surface area contributed by atoms with E-state index >= 15 is 0 Å². The lowest BCUT2D eigenvalue weighted by Crippen LogP contribution is -2.37. The highest BCUT2D eigenvalue weighted by atomic mass is 16.5. The minimum absolute atomic E-state index is 0.0443. The van der Waals surface area contributed by atoms with Crippen LogP contribution in [0.1, 0.15) is 16.7 Å². The smallest absolute Gasteiger partial charge is 0.413 e. The van der Waals surface area contributed by atoms with Crippen LogP contribution in [0.2, 0.25) is 0 Å². The van der Waals surface area contributed by atoms with Crippen LogP contribution in [-0.2, 0) is 30.2 Å². The van der Waals surface area contributed by atoms with Crippen LogP contribution in [0.5, 0.6) is 0 Å². The Morgan fingerprint density at radius 3 is 2.46 bits per heavy atom. The summed E-state index contributed by atoms with van der Waals surface area (Å²) in [6.07, 6.45) is 1.02. The van der Waals surface area contributed by atoms with Gasteiger partial charge in [0, 0.05) is 36.5 Å². The minimum Gasteiger partial charge on any atom is -0.489 e. The number of ether oxygens (including phenoxy) is 3. The van der Waals surface area contributed by atoms with Gasteiger partial charge in [0.15, 0.2) is 11.7 Å². The molecule has 2 N–H and O–H groups in total. The van der Waals surface area contributed by atoms with E-state index in [-0.39, 0.29) is 24.1 Å². The number of morpholine rings is 1. The van der Waals surface area contributed by atoms with E-state index < -0.39 is 6.09 Å². The van der Waals surface area contributed by atoms with Crippen molar-refractivity contribution in [3.8, 4) is 0 Å². The summed E-state index contributed by atoms with van der Waals surface area (Å²) in [4.78, 5) is 40.4. The van der Waals surface area contributed by atoms with Crippen LogP contribution >= 0.6 is 0 Å². The number of amides is 2. The number of benzene rings is 2. The molecule has 2 aliphatic heterocycles. The fourth-order valence-corrected chi connectivity index (χ4v) is 4.43. The summed E-state index contributed by atoms with van der Waals surface area (Å²) < 4.78 is 15.4. The first-order valence-corrected chi connectivity index (χ1v) is 12.4. The first-order chi connectivity index (χ1) is 18.9. The van der Waals surface area contributed by atoms with E-state index in [0.29, 0.717) is 56.1 Å². The molecule has 39 heavy (non-hydrogen) atoms. The van der Waals surface area contributed by atoms with Gasteiger partial charge in [-0.05, 0) is 35.4 Å². The molecule has 0 unspecified atom stereocenters. The van der Waals surface area contributed by atoms with Gasteiger partial charge in [-0.25, -0.2) is 9.59 Å². The Bertz CT molecular complexity index is 1320. The monoisotopic (exact) mass is 530 g/mol. The average molecular weight is 531 g/mol. The van der Waals surface area contributed by atoms with Crippen LogP contribution in [0.3, 0.4) is 0 Å². The number of carbonyl (C=O) groups excluding carboxylic acids is 3. The number of methoxy groups -OCH3 is 1. The van der Waals surface area contributed by atoms with Gasteiger partial charge in [-0.3, -0.25) is 15.5 Å². The summed E-state index contributed by atoms with van der Waals surface area (Å²) in [5, 5.41) is 10.5. The number of allylic oxidation sites excluding steroid dienone is 1. The fraction of sp³-hybridized carbons (Fsp3) is 0.276. The molecule has 202 valence electrons. The predicted octanol–water partition coefficient (Wildman–Crippen LogP) is 2.92. The Morgan fingerprint density at radius 1 is 1.15 bits per heavy atom. The van der Waals surface area contributed by atoms with Gasteiger partial charge in [-0.15, -0.1) is 0 Å². The van der Waals surface area contributed by atoms with Gasteiger partial charge in [-0.1, -0.05) is 36.9 Å². The van der Waals surface area contributed by atoms with Crippen molar-refractivity contribution in [2.45, 2.75) is 6.42 Å². The molecule has 4 rings (SSSR count). The molecule has 0 bridgehead atoms. The third-order valence-electron chi connectivity index (χ3n) is 6.44. The Hall–Kier alpha value is -4.66. The molecule has 0 aromatic heterocycles. The lowest BCUT2D eigenvalue weighted by Gasteiger charge is -2.30. The van der Waals surface area contributed by atoms with Crippen molar-refractivity contribution >= 4 is 35.0 Å². The molecule has 10 nitrogen and oxygen atoms in total. The molecular formula is C29H30N4O6. The van der Waals surface area contributed by atoms with E-state index in [9.17, 15) is 14.4 Å². The molecule has 2 aliphatic rings. The van der Waals surface area contributed by atoms with Gasteiger partial charge in [0.1, 0.15) is 12.4 Å².